The van der Waals surface area contributed by atoms with E-state index in [9.17, 15) is 18.0 Å². The number of amides is 3. The number of carbonyl (C=O) groups is 2. The van der Waals surface area contributed by atoms with Crippen molar-refractivity contribution in [2.75, 3.05) is 13.1 Å². The van der Waals surface area contributed by atoms with Crippen LogP contribution in [0.25, 0.3) is 0 Å². The Kier molecular flexibility index (Phi) is 6.87. The van der Waals surface area contributed by atoms with Gasteiger partial charge in [-0.15, -0.1) is 0 Å². The zero-order valence-electron chi connectivity index (χ0n) is 18.2. The van der Waals surface area contributed by atoms with E-state index in [4.69, 9.17) is 0 Å². The second kappa shape index (κ2) is 9.06. The molecule has 7 nitrogen and oxygen atoms in total. The van der Waals surface area contributed by atoms with Crippen LogP contribution in [-0.4, -0.2) is 54.2 Å². The Morgan fingerprint density at radius 2 is 1.67 bits per heavy atom. The van der Waals surface area contributed by atoms with Crippen molar-refractivity contribution in [3.8, 4) is 0 Å². The van der Waals surface area contributed by atoms with Crippen molar-refractivity contribution < 1.29 is 18.0 Å². The first kappa shape index (κ1) is 22.7. The molecule has 8 heteroatoms. The molecular weight excluding hydrogens is 402 g/mol. The van der Waals surface area contributed by atoms with E-state index in [0.29, 0.717) is 0 Å². The zero-order chi connectivity index (χ0) is 21.9. The molecule has 0 aromatic heterocycles. The Hall–Kier alpha value is -1.93. The van der Waals surface area contributed by atoms with Gasteiger partial charge in [-0.2, -0.15) is 4.31 Å². The van der Waals surface area contributed by atoms with Crippen LogP contribution < -0.4 is 5.32 Å². The van der Waals surface area contributed by atoms with Crippen LogP contribution in [0, 0.1) is 0 Å². The molecule has 0 bridgehead atoms. The number of hydrogen-bond donors (Lipinski definition) is 1. The highest BCUT2D eigenvalue weighted by atomic mass is 32.2. The average molecular weight is 436 g/mol. The molecule has 2 fully saturated rings. The Morgan fingerprint density at radius 3 is 2.20 bits per heavy atom. The molecule has 0 unspecified atom stereocenters. The van der Waals surface area contributed by atoms with Gasteiger partial charge in [-0.1, -0.05) is 38.3 Å². The highest BCUT2D eigenvalue weighted by Gasteiger charge is 2.53. The highest BCUT2D eigenvalue weighted by molar-refractivity contribution is 7.89. The standard InChI is InChI=1S/C22H33N3O4S/c1-4-5-6-7-8-18-9-11-19(12-10-18)30(28,29)24-15-13-22(14-16-24)20(26)25(17(2)3)21(27)23-22/h9-12,17H,4-8,13-16H2,1-3H3,(H,23,27). The van der Waals surface area contributed by atoms with Crippen LogP contribution in [0.15, 0.2) is 29.2 Å². The Morgan fingerprint density at radius 1 is 1.03 bits per heavy atom. The smallest absolute Gasteiger partial charge is 0.323 e. The van der Waals surface area contributed by atoms with E-state index >= 15 is 0 Å². The summed E-state index contributed by atoms with van der Waals surface area (Å²) in [5, 5.41) is 2.81. The molecular formula is C22H33N3O4S. The summed E-state index contributed by atoms with van der Waals surface area (Å²) in [6, 6.07) is 6.53. The number of sulfonamides is 1. The Bertz CT molecular complexity index is 872. The second-order valence-corrected chi connectivity index (χ2v) is 10.6. The van der Waals surface area contributed by atoms with Crippen molar-refractivity contribution in [2.45, 2.75) is 82.2 Å². The summed E-state index contributed by atoms with van der Waals surface area (Å²) in [6.45, 7) is 6.18. The van der Waals surface area contributed by atoms with Crippen molar-refractivity contribution in [1.29, 1.82) is 0 Å². The first-order chi connectivity index (χ1) is 14.2. The fourth-order valence-corrected chi connectivity index (χ4v) is 5.73. The number of urea groups is 1. The molecule has 1 aromatic carbocycles. The highest BCUT2D eigenvalue weighted by Crippen LogP contribution is 2.32. The van der Waals surface area contributed by atoms with Gasteiger partial charge in [0.05, 0.1) is 4.90 Å². The maximum atomic E-state index is 13.1. The van der Waals surface area contributed by atoms with Gasteiger partial charge in [0.2, 0.25) is 10.0 Å². The first-order valence-corrected chi connectivity index (χ1v) is 12.4. The van der Waals surface area contributed by atoms with Crippen LogP contribution in [0.1, 0.15) is 64.9 Å². The van der Waals surface area contributed by atoms with Gasteiger partial charge in [-0.3, -0.25) is 9.69 Å². The van der Waals surface area contributed by atoms with Gasteiger partial charge in [-0.05, 0) is 57.2 Å². The van der Waals surface area contributed by atoms with Gasteiger partial charge in [0.15, 0.2) is 0 Å². The molecule has 1 aromatic rings. The van der Waals surface area contributed by atoms with Crippen molar-refractivity contribution in [1.82, 2.24) is 14.5 Å². The molecule has 1 N–H and O–H groups in total. The van der Waals surface area contributed by atoms with Gasteiger partial charge >= 0.3 is 6.03 Å². The number of aryl methyl sites for hydroxylation is 1. The molecule has 30 heavy (non-hydrogen) atoms. The minimum absolute atomic E-state index is 0.207. The summed E-state index contributed by atoms with van der Waals surface area (Å²) in [5.74, 6) is -0.244. The van der Waals surface area contributed by atoms with Crippen LogP contribution in [0.5, 0.6) is 0 Å². The van der Waals surface area contributed by atoms with Crippen LogP contribution in [0.3, 0.4) is 0 Å². The molecule has 2 aliphatic heterocycles. The Labute approximate surface area is 179 Å². The first-order valence-electron chi connectivity index (χ1n) is 11.0. The lowest BCUT2D eigenvalue weighted by atomic mass is 9.88. The summed E-state index contributed by atoms with van der Waals surface area (Å²) < 4.78 is 27.5. The van der Waals surface area contributed by atoms with Gasteiger partial charge in [-0.25, -0.2) is 13.2 Å². The van der Waals surface area contributed by atoms with Crippen LogP contribution >= 0.6 is 0 Å². The van der Waals surface area contributed by atoms with Crippen molar-refractivity contribution in [2.24, 2.45) is 0 Å². The van der Waals surface area contributed by atoms with Crippen LogP contribution in [0.2, 0.25) is 0 Å². The summed E-state index contributed by atoms with van der Waals surface area (Å²) in [7, 11) is -3.62. The summed E-state index contributed by atoms with van der Waals surface area (Å²) >= 11 is 0. The molecule has 0 saturated carbocycles. The molecule has 0 radical (unpaired) electrons. The van der Waals surface area contributed by atoms with Gasteiger partial charge in [0.25, 0.3) is 5.91 Å². The molecule has 2 aliphatic rings. The number of carbonyl (C=O) groups excluding carboxylic acids is 2. The second-order valence-electron chi connectivity index (χ2n) is 8.64. The monoisotopic (exact) mass is 435 g/mol. The fraction of sp³-hybridized carbons (Fsp3) is 0.636. The number of piperidine rings is 1. The lowest BCUT2D eigenvalue weighted by Crippen LogP contribution is -2.56. The summed E-state index contributed by atoms with van der Waals surface area (Å²) in [4.78, 5) is 26.5. The molecule has 3 rings (SSSR count). The van der Waals surface area contributed by atoms with Gasteiger partial charge < -0.3 is 5.32 Å². The lowest BCUT2D eigenvalue weighted by Gasteiger charge is -2.36. The van der Waals surface area contributed by atoms with Gasteiger partial charge in [0.1, 0.15) is 5.54 Å². The lowest BCUT2D eigenvalue weighted by molar-refractivity contribution is -0.133. The van der Waals surface area contributed by atoms with E-state index in [0.717, 1.165) is 18.4 Å². The molecule has 0 atom stereocenters. The largest absolute Gasteiger partial charge is 0.325 e. The number of rotatable bonds is 8. The van der Waals surface area contributed by atoms with Crippen molar-refractivity contribution in [3.05, 3.63) is 29.8 Å². The topological polar surface area (TPSA) is 86.8 Å². The molecule has 2 heterocycles. The van der Waals surface area contributed by atoms with Crippen molar-refractivity contribution >= 4 is 22.0 Å². The van der Waals surface area contributed by atoms with Crippen molar-refractivity contribution in [3.63, 3.8) is 0 Å². The van der Waals surface area contributed by atoms with E-state index < -0.39 is 15.6 Å². The van der Waals surface area contributed by atoms with E-state index in [1.54, 1.807) is 26.0 Å². The number of nitrogens with one attached hydrogen (secondary N) is 1. The average Bonchev–Trinajstić information content (AvgIpc) is 2.95. The maximum Gasteiger partial charge on any atom is 0.325 e. The van der Waals surface area contributed by atoms with E-state index in [1.807, 2.05) is 12.1 Å². The van der Waals surface area contributed by atoms with Gasteiger partial charge in [0, 0.05) is 19.1 Å². The maximum absolute atomic E-state index is 13.1. The van der Waals surface area contributed by atoms with Crippen LogP contribution in [-0.2, 0) is 21.2 Å². The summed E-state index contributed by atoms with van der Waals surface area (Å²) in [5.41, 5.74) is 0.172. The van der Waals surface area contributed by atoms with Crippen LogP contribution in [0.4, 0.5) is 4.79 Å². The zero-order valence-corrected chi connectivity index (χ0v) is 19.0. The third-order valence-corrected chi connectivity index (χ3v) is 8.08. The van der Waals surface area contributed by atoms with E-state index in [1.165, 1.54) is 28.5 Å². The normalized spacial score (nSPS) is 19.7. The summed E-state index contributed by atoms with van der Waals surface area (Å²) in [6.07, 6.45) is 6.25. The molecule has 2 saturated heterocycles. The third-order valence-electron chi connectivity index (χ3n) is 6.17. The fourth-order valence-electron chi connectivity index (χ4n) is 4.29. The number of benzene rings is 1. The SMILES string of the molecule is CCCCCCc1ccc(S(=O)(=O)N2CCC3(CC2)NC(=O)N(C(C)C)C3=O)cc1. The Balaban J connectivity index is 1.64. The number of imide groups is 1. The quantitative estimate of drug-likeness (QED) is 0.501. The minimum Gasteiger partial charge on any atom is -0.323 e. The van der Waals surface area contributed by atoms with E-state index in [2.05, 4.69) is 12.2 Å². The number of hydrogen-bond acceptors (Lipinski definition) is 4. The molecule has 1 spiro atoms. The predicted octanol–water partition coefficient (Wildman–Crippen LogP) is 3.29. The molecule has 166 valence electrons. The minimum atomic E-state index is -3.62. The third kappa shape index (κ3) is 4.39. The molecule has 3 amide bonds. The predicted molar refractivity (Wildman–Crippen MR) is 116 cm³/mol. The number of nitrogens with zero attached hydrogens (tertiary/aromatic N) is 2. The van der Waals surface area contributed by atoms with E-state index in [-0.39, 0.29) is 48.8 Å². The molecule has 0 aliphatic carbocycles. The number of unbranched alkanes of at least 4 members (excludes halogenated alkanes) is 3.